The van der Waals surface area contributed by atoms with Gasteiger partial charge in [0.1, 0.15) is 5.75 Å². The van der Waals surface area contributed by atoms with Gasteiger partial charge in [0.05, 0.1) is 19.6 Å². The number of hydrogen-bond donors (Lipinski definition) is 0. The molecule has 4 nitrogen and oxygen atoms in total. The van der Waals surface area contributed by atoms with E-state index in [0.29, 0.717) is 12.5 Å². The fourth-order valence-corrected chi connectivity index (χ4v) is 2.49. The highest BCUT2D eigenvalue weighted by Gasteiger charge is 2.21. The summed E-state index contributed by atoms with van der Waals surface area (Å²) < 4.78 is 5.26. The van der Waals surface area contributed by atoms with Gasteiger partial charge >= 0.3 is 0 Å². The van der Waals surface area contributed by atoms with Gasteiger partial charge in [-0.05, 0) is 19.1 Å². The minimum Gasteiger partial charge on any atom is -0.497 e. The molecule has 0 aliphatic carbocycles. The molecule has 1 heterocycles. The van der Waals surface area contributed by atoms with Crippen molar-refractivity contribution in [1.29, 1.82) is 5.26 Å². The molecule has 0 saturated carbocycles. The van der Waals surface area contributed by atoms with Crippen molar-refractivity contribution in [3.8, 4) is 11.8 Å². The summed E-state index contributed by atoms with van der Waals surface area (Å²) in [6, 6.07) is 10.8. The molecule has 1 fully saturated rings. The van der Waals surface area contributed by atoms with Crippen molar-refractivity contribution >= 4 is 5.69 Å². The first-order chi connectivity index (χ1) is 9.24. The quantitative estimate of drug-likeness (QED) is 0.830. The number of nitriles is 1. The van der Waals surface area contributed by atoms with Crippen LogP contribution in [0.1, 0.15) is 13.3 Å². The zero-order chi connectivity index (χ0) is 13.7. The summed E-state index contributed by atoms with van der Waals surface area (Å²) in [5, 5.41) is 8.75. The Morgan fingerprint density at radius 1 is 1.32 bits per heavy atom. The summed E-state index contributed by atoms with van der Waals surface area (Å²) >= 11 is 0. The third kappa shape index (κ3) is 3.39. The second-order valence-corrected chi connectivity index (χ2v) is 4.94. The highest BCUT2D eigenvalue weighted by Crippen LogP contribution is 2.22. The average Bonchev–Trinajstić information content (AvgIpc) is 2.48. The average molecular weight is 259 g/mol. The van der Waals surface area contributed by atoms with Gasteiger partial charge in [-0.2, -0.15) is 5.26 Å². The van der Waals surface area contributed by atoms with Crippen LogP contribution in [0.15, 0.2) is 24.3 Å². The number of piperazine rings is 1. The molecule has 19 heavy (non-hydrogen) atoms. The molecule has 0 amide bonds. The number of benzene rings is 1. The van der Waals surface area contributed by atoms with Gasteiger partial charge in [0.25, 0.3) is 0 Å². The molecular weight excluding hydrogens is 238 g/mol. The van der Waals surface area contributed by atoms with Crippen LogP contribution < -0.4 is 9.64 Å². The summed E-state index contributed by atoms with van der Waals surface area (Å²) in [7, 11) is 1.70. The molecule has 102 valence electrons. The predicted octanol–water partition coefficient (Wildman–Crippen LogP) is 2.12. The molecule has 0 N–H and O–H groups in total. The van der Waals surface area contributed by atoms with Crippen LogP contribution in [0.25, 0.3) is 0 Å². The molecule has 0 spiro atoms. The summed E-state index contributed by atoms with van der Waals surface area (Å²) in [6.45, 7) is 6.16. The van der Waals surface area contributed by atoms with E-state index in [1.165, 1.54) is 5.69 Å². The van der Waals surface area contributed by atoms with Crippen molar-refractivity contribution < 1.29 is 4.74 Å². The maximum absolute atomic E-state index is 8.75. The van der Waals surface area contributed by atoms with Gasteiger partial charge in [-0.3, -0.25) is 4.90 Å². The fraction of sp³-hybridized carbons (Fsp3) is 0.533. The van der Waals surface area contributed by atoms with Gasteiger partial charge in [-0.15, -0.1) is 0 Å². The SMILES string of the molecule is COc1cccc(N2CCN(C(C)CC#N)CC2)c1. The van der Waals surface area contributed by atoms with Crippen molar-refractivity contribution in [2.24, 2.45) is 0 Å². The lowest BCUT2D eigenvalue weighted by Crippen LogP contribution is -2.49. The Kier molecular flexibility index (Phi) is 4.64. The van der Waals surface area contributed by atoms with Crippen LogP contribution in [0, 0.1) is 11.3 Å². The molecule has 1 aliphatic heterocycles. The van der Waals surface area contributed by atoms with Crippen molar-refractivity contribution in [1.82, 2.24) is 4.90 Å². The first-order valence-corrected chi connectivity index (χ1v) is 6.74. The number of methoxy groups -OCH3 is 1. The number of ether oxygens (including phenoxy) is 1. The van der Waals surface area contributed by atoms with E-state index in [9.17, 15) is 0 Å². The highest BCUT2D eigenvalue weighted by molar-refractivity contribution is 5.51. The van der Waals surface area contributed by atoms with Crippen LogP contribution in [0.2, 0.25) is 0 Å². The van der Waals surface area contributed by atoms with Crippen molar-refractivity contribution in [2.45, 2.75) is 19.4 Å². The topological polar surface area (TPSA) is 39.5 Å². The van der Waals surface area contributed by atoms with E-state index < -0.39 is 0 Å². The monoisotopic (exact) mass is 259 g/mol. The minimum atomic E-state index is 0.359. The Bertz CT molecular complexity index is 447. The van der Waals surface area contributed by atoms with Crippen LogP contribution in [0.5, 0.6) is 5.75 Å². The Hall–Kier alpha value is -1.73. The number of hydrogen-bond acceptors (Lipinski definition) is 4. The Morgan fingerprint density at radius 2 is 2.05 bits per heavy atom. The van der Waals surface area contributed by atoms with Crippen LogP contribution in [0.4, 0.5) is 5.69 Å². The molecule has 0 bridgehead atoms. The van der Waals surface area contributed by atoms with Crippen molar-refractivity contribution in [3.63, 3.8) is 0 Å². The Morgan fingerprint density at radius 3 is 2.68 bits per heavy atom. The normalized spacial score (nSPS) is 17.8. The summed E-state index contributed by atoms with van der Waals surface area (Å²) in [4.78, 5) is 4.76. The van der Waals surface area contributed by atoms with Gasteiger partial charge in [-0.25, -0.2) is 0 Å². The lowest BCUT2D eigenvalue weighted by atomic mass is 10.1. The summed E-state index contributed by atoms with van der Waals surface area (Å²) in [5.74, 6) is 0.901. The molecule has 4 heteroatoms. The molecule has 1 saturated heterocycles. The second kappa shape index (κ2) is 6.44. The largest absolute Gasteiger partial charge is 0.497 e. The van der Waals surface area contributed by atoms with Gasteiger partial charge in [0.2, 0.25) is 0 Å². The van der Waals surface area contributed by atoms with E-state index in [0.717, 1.165) is 31.9 Å². The predicted molar refractivity (Wildman–Crippen MR) is 76.5 cm³/mol. The number of nitrogens with zero attached hydrogens (tertiary/aromatic N) is 3. The molecule has 1 unspecified atom stereocenters. The van der Waals surface area contributed by atoms with E-state index in [1.54, 1.807) is 7.11 Å². The minimum absolute atomic E-state index is 0.359. The second-order valence-electron chi connectivity index (χ2n) is 4.94. The number of anilines is 1. The summed E-state index contributed by atoms with van der Waals surface area (Å²) in [6.07, 6.45) is 0.610. The fourth-order valence-electron chi connectivity index (χ4n) is 2.49. The van der Waals surface area contributed by atoms with E-state index in [-0.39, 0.29) is 0 Å². The molecular formula is C15H21N3O. The van der Waals surface area contributed by atoms with E-state index >= 15 is 0 Å². The molecule has 0 radical (unpaired) electrons. The maximum Gasteiger partial charge on any atom is 0.120 e. The van der Waals surface area contributed by atoms with E-state index in [4.69, 9.17) is 10.00 Å². The van der Waals surface area contributed by atoms with Gasteiger partial charge < -0.3 is 9.64 Å². The molecule has 1 aromatic rings. The zero-order valence-corrected chi connectivity index (χ0v) is 11.7. The van der Waals surface area contributed by atoms with Gasteiger partial charge in [0, 0.05) is 44.0 Å². The standard InChI is InChI=1S/C15H21N3O/c1-13(6-7-16)17-8-10-18(11-9-17)14-4-3-5-15(12-14)19-2/h3-5,12-13H,6,8-11H2,1-2H3. The molecule has 1 atom stereocenters. The van der Waals surface area contributed by atoms with E-state index in [2.05, 4.69) is 34.9 Å². The van der Waals surface area contributed by atoms with Crippen LogP contribution in [-0.2, 0) is 0 Å². The van der Waals surface area contributed by atoms with Crippen LogP contribution in [0.3, 0.4) is 0 Å². The number of rotatable bonds is 4. The summed E-state index contributed by atoms with van der Waals surface area (Å²) in [5.41, 5.74) is 1.21. The zero-order valence-electron chi connectivity index (χ0n) is 11.7. The third-order valence-corrected chi connectivity index (χ3v) is 3.74. The molecule has 2 rings (SSSR count). The van der Waals surface area contributed by atoms with Crippen molar-refractivity contribution in [2.75, 3.05) is 38.2 Å². The van der Waals surface area contributed by atoms with Crippen molar-refractivity contribution in [3.05, 3.63) is 24.3 Å². The Balaban J connectivity index is 1.94. The Labute approximate surface area is 115 Å². The van der Waals surface area contributed by atoms with Gasteiger partial charge in [-0.1, -0.05) is 6.07 Å². The van der Waals surface area contributed by atoms with Gasteiger partial charge in [0.15, 0.2) is 0 Å². The first-order valence-electron chi connectivity index (χ1n) is 6.74. The lowest BCUT2D eigenvalue weighted by molar-refractivity contribution is 0.199. The molecule has 1 aliphatic rings. The molecule has 0 aromatic heterocycles. The van der Waals surface area contributed by atoms with Crippen LogP contribution in [-0.4, -0.2) is 44.2 Å². The van der Waals surface area contributed by atoms with E-state index in [1.807, 2.05) is 12.1 Å². The molecule has 1 aromatic carbocycles. The van der Waals surface area contributed by atoms with Crippen LogP contribution >= 0.6 is 0 Å². The third-order valence-electron chi connectivity index (χ3n) is 3.74. The highest BCUT2D eigenvalue weighted by atomic mass is 16.5. The first kappa shape index (κ1) is 13.7. The lowest BCUT2D eigenvalue weighted by Gasteiger charge is -2.38. The maximum atomic E-state index is 8.75. The smallest absolute Gasteiger partial charge is 0.120 e.